The minimum atomic E-state index is -0.669. The largest absolute Gasteiger partial charge is 0.310 e. The Labute approximate surface area is 101 Å². The Bertz CT molecular complexity index is 352. The first-order valence-corrected chi connectivity index (χ1v) is 7.43. The van der Waals surface area contributed by atoms with E-state index in [-0.39, 0.29) is 0 Å². The molecule has 0 heterocycles. The summed E-state index contributed by atoms with van der Waals surface area (Å²) in [6.07, 6.45) is 2.73. The van der Waals surface area contributed by atoms with Crippen molar-refractivity contribution in [3.63, 3.8) is 0 Å². The molecule has 1 aromatic carbocycles. The molecular weight excluding hydrogens is 218 g/mol. The summed E-state index contributed by atoms with van der Waals surface area (Å²) in [7, 11) is -0.669. The summed E-state index contributed by atoms with van der Waals surface area (Å²) in [5.41, 5.74) is 2.67. The number of hydrogen-bond acceptors (Lipinski definition) is 2. The van der Waals surface area contributed by atoms with E-state index in [0.717, 1.165) is 18.7 Å². The van der Waals surface area contributed by atoms with Crippen LogP contribution in [-0.4, -0.2) is 22.8 Å². The highest BCUT2D eigenvalue weighted by atomic mass is 32.2. The maximum absolute atomic E-state index is 10.9. The quantitative estimate of drug-likeness (QED) is 0.772. The number of aryl methyl sites for hydroxylation is 1. The molecule has 2 nitrogen and oxygen atoms in total. The lowest BCUT2D eigenvalue weighted by Crippen LogP contribution is -2.21. The zero-order valence-corrected chi connectivity index (χ0v) is 11.1. The van der Waals surface area contributed by atoms with Crippen LogP contribution in [0.1, 0.15) is 30.5 Å². The average Bonchev–Trinajstić information content (AvgIpc) is 2.24. The molecule has 0 fully saturated rings. The first-order valence-electron chi connectivity index (χ1n) is 5.70. The van der Waals surface area contributed by atoms with Gasteiger partial charge in [-0.05, 0) is 37.9 Å². The lowest BCUT2D eigenvalue weighted by molar-refractivity contribution is 0.568. The molecule has 16 heavy (non-hydrogen) atoms. The summed E-state index contributed by atoms with van der Waals surface area (Å²) in [6, 6.07) is 8.79. The molecule has 0 aliphatic carbocycles. The van der Waals surface area contributed by atoms with Crippen molar-refractivity contribution in [2.45, 2.75) is 26.3 Å². The highest BCUT2D eigenvalue weighted by Crippen LogP contribution is 2.16. The van der Waals surface area contributed by atoms with Gasteiger partial charge in [-0.1, -0.05) is 24.3 Å². The topological polar surface area (TPSA) is 29.1 Å². The SMILES string of the molecule is Cc1ccccc1C(C)NCCCS(C)=O. The van der Waals surface area contributed by atoms with Gasteiger partial charge in [0.1, 0.15) is 0 Å². The van der Waals surface area contributed by atoms with E-state index in [0.29, 0.717) is 6.04 Å². The molecule has 3 heteroatoms. The molecule has 0 saturated heterocycles. The van der Waals surface area contributed by atoms with E-state index >= 15 is 0 Å². The smallest absolute Gasteiger partial charge is 0.0294 e. The molecule has 0 amide bonds. The molecule has 2 unspecified atom stereocenters. The van der Waals surface area contributed by atoms with Gasteiger partial charge < -0.3 is 5.32 Å². The molecule has 90 valence electrons. The van der Waals surface area contributed by atoms with Gasteiger partial charge in [0.15, 0.2) is 0 Å². The monoisotopic (exact) mass is 239 g/mol. The predicted molar refractivity (Wildman–Crippen MR) is 71.1 cm³/mol. The Balaban J connectivity index is 2.38. The van der Waals surface area contributed by atoms with E-state index in [1.165, 1.54) is 11.1 Å². The summed E-state index contributed by atoms with van der Waals surface area (Å²) in [5, 5.41) is 3.46. The summed E-state index contributed by atoms with van der Waals surface area (Å²) in [4.78, 5) is 0. The number of nitrogens with one attached hydrogen (secondary N) is 1. The van der Waals surface area contributed by atoms with Gasteiger partial charge in [0, 0.05) is 28.9 Å². The van der Waals surface area contributed by atoms with Crippen molar-refractivity contribution in [1.82, 2.24) is 5.32 Å². The van der Waals surface area contributed by atoms with E-state index in [9.17, 15) is 4.21 Å². The Morgan fingerprint density at radius 2 is 2.06 bits per heavy atom. The molecule has 0 bridgehead atoms. The highest BCUT2D eigenvalue weighted by Gasteiger charge is 2.06. The third-order valence-electron chi connectivity index (χ3n) is 2.71. The number of rotatable bonds is 6. The van der Waals surface area contributed by atoms with Gasteiger partial charge >= 0.3 is 0 Å². The Hall–Kier alpha value is -0.670. The van der Waals surface area contributed by atoms with Gasteiger partial charge in [-0.25, -0.2) is 0 Å². The van der Waals surface area contributed by atoms with Crippen molar-refractivity contribution in [3.8, 4) is 0 Å². The highest BCUT2D eigenvalue weighted by molar-refractivity contribution is 7.84. The van der Waals surface area contributed by atoms with Gasteiger partial charge in [0.2, 0.25) is 0 Å². The van der Waals surface area contributed by atoms with Crippen LogP contribution in [0.3, 0.4) is 0 Å². The molecule has 0 radical (unpaired) electrons. The van der Waals surface area contributed by atoms with Crippen LogP contribution in [0.5, 0.6) is 0 Å². The third kappa shape index (κ3) is 4.45. The maximum Gasteiger partial charge on any atom is 0.0294 e. The standard InChI is InChI=1S/C13H21NOS/c1-11-7-4-5-8-13(11)12(2)14-9-6-10-16(3)15/h4-5,7-8,12,14H,6,9-10H2,1-3H3. The molecule has 0 aromatic heterocycles. The lowest BCUT2D eigenvalue weighted by atomic mass is 10.0. The summed E-state index contributed by atoms with van der Waals surface area (Å²) in [5.74, 6) is 0.785. The van der Waals surface area contributed by atoms with E-state index in [4.69, 9.17) is 0 Å². The van der Waals surface area contributed by atoms with Crippen molar-refractivity contribution in [3.05, 3.63) is 35.4 Å². The number of benzene rings is 1. The van der Waals surface area contributed by atoms with Crippen LogP contribution >= 0.6 is 0 Å². The molecule has 1 N–H and O–H groups in total. The zero-order chi connectivity index (χ0) is 12.0. The fraction of sp³-hybridized carbons (Fsp3) is 0.538. The van der Waals surface area contributed by atoms with Crippen molar-refractivity contribution in [2.75, 3.05) is 18.6 Å². The van der Waals surface area contributed by atoms with Crippen molar-refractivity contribution >= 4 is 10.8 Å². The van der Waals surface area contributed by atoms with Crippen LogP contribution in [-0.2, 0) is 10.8 Å². The van der Waals surface area contributed by atoms with E-state index in [1.54, 1.807) is 6.26 Å². The fourth-order valence-corrected chi connectivity index (χ4v) is 2.33. The van der Waals surface area contributed by atoms with E-state index in [1.807, 2.05) is 0 Å². The van der Waals surface area contributed by atoms with Crippen molar-refractivity contribution in [2.24, 2.45) is 0 Å². The van der Waals surface area contributed by atoms with Crippen molar-refractivity contribution in [1.29, 1.82) is 0 Å². The Morgan fingerprint density at radius 1 is 1.38 bits per heavy atom. The molecular formula is C13H21NOS. The molecule has 0 aliphatic heterocycles. The minimum Gasteiger partial charge on any atom is -0.310 e. The number of hydrogen-bond donors (Lipinski definition) is 1. The second-order valence-electron chi connectivity index (χ2n) is 4.16. The first kappa shape index (κ1) is 13.4. The predicted octanol–water partition coefficient (Wildman–Crippen LogP) is 2.41. The average molecular weight is 239 g/mol. The molecule has 1 aromatic rings. The maximum atomic E-state index is 10.9. The third-order valence-corrected chi connectivity index (χ3v) is 3.58. The van der Waals surface area contributed by atoms with Gasteiger partial charge in [-0.15, -0.1) is 0 Å². The lowest BCUT2D eigenvalue weighted by Gasteiger charge is -2.16. The minimum absolute atomic E-state index is 0.367. The molecule has 0 aliphatic rings. The Morgan fingerprint density at radius 3 is 2.69 bits per heavy atom. The fourth-order valence-electron chi connectivity index (χ4n) is 1.78. The van der Waals surface area contributed by atoms with Crippen LogP contribution in [0.4, 0.5) is 0 Å². The molecule has 2 atom stereocenters. The first-order chi connectivity index (χ1) is 7.61. The van der Waals surface area contributed by atoms with Crippen LogP contribution < -0.4 is 5.32 Å². The van der Waals surface area contributed by atoms with Crippen LogP contribution in [0.25, 0.3) is 0 Å². The van der Waals surface area contributed by atoms with E-state index < -0.39 is 10.8 Å². The van der Waals surface area contributed by atoms with Crippen LogP contribution in [0, 0.1) is 6.92 Å². The van der Waals surface area contributed by atoms with Gasteiger partial charge in [0.05, 0.1) is 0 Å². The second-order valence-corrected chi connectivity index (χ2v) is 5.72. The zero-order valence-electron chi connectivity index (χ0n) is 10.3. The van der Waals surface area contributed by atoms with Crippen LogP contribution in [0.15, 0.2) is 24.3 Å². The molecule has 1 rings (SSSR count). The van der Waals surface area contributed by atoms with Gasteiger partial charge in [-0.3, -0.25) is 4.21 Å². The van der Waals surface area contributed by atoms with E-state index in [2.05, 4.69) is 43.4 Å². The van der Waals surface area contributed by atoms with Crippen molar-refractivity contribution < 1.29 is 4.21 Å². The van der Waals surface area contributed by atoms with Crippen LogP contribution in [0.2, 0.25) is 0 Å². The second kappa shape index (κ2) is 6.81. The normalized spacial score (nSPS) is 14.7. The van der Waals surface area contributed by atoms with Gasteiger partial charge in [0.25, 0.3) is 0 Å². The molecule has 0 saturated carbocycles. The summed E-state index contributed by atoms with van der Waals surface area (Å²) < 4.78 is 10.9. The molecule has 0 spiro atoms. The summed E-state index contributed by atoms with van der Waals surface area (Å²) >= 11 is 0. The Kier molecular flexibility index (Phi) is 5.71. The van der Waals surface area contributed by atoms with Gasteiger partial charge in [-0.2, -0.15) is 0 Å². The summed E-state index contributed by atoms with van der Waals surface area (Å²) in [6.45, 7) is 5.23.